The molecule has 1 aliphatic rings. The van der Waals surface area contributed by atoms with Crippen LogP contribution in [-0.2, 0) is 0 Å². The molecule has 0 unspecified atom stereocenters. The average molecular weight is 269 g/mol. The number of benzene rings is 1. The first kappa shape index (κ1) is 12.5. The fourth-order valence-corrected chi connectivity index (χ4v) is 1.93. The van der Waals surface area contributed by atoms with Gasteiger partial charge in [0.25, 0.3) is 17.5 Å². The summed E-state index contributed by atoms with van der Waals surface area (Å²) >= 11 is 5.51. The predicted molar refractivity (Wildman–Crippen MR) is 63.8 cm³/mol. The molecule has 1 heterocycles. The molecule has 0 spiro atoms. The van der Waals surface area contributed by atoms with Gasteiger partial charge in [0.05, 0.1) is 16.1 Å². The van der Waals surface area contributed by atoms with E-state index in [4.69, 9.17) is 11.6 Å². The zero-order valence-electron chi connectivity index (χ0n) is 9.26. The zero-order valence-corrected chi connectivity index (χ0v) is 10.0. The van der Waals surface area contributed by atoms with E-state index in [1.54, 1.807) is 0 Å². The van der Waals surface area contributed by atoms with Crippen LogP contribution >= 0.6 is 11.6 Å². The van der Waals surface area contributed by atoms with Gasteiger partial charge in [-0.25, -0.2) is 0 Å². The number of amides is 2. The van der Waals surface area contributed by atoms with Crippen molar-refractivity contribution in [1.82, 2.24) is 4.90 Å². The molecule has 0 saturated heterocycles. The minimum absolute atomic E-state index is 0.0868. The van der Waals surface area contributed by atoms with Gasteiger partial charge in [0.1, 0.15) is 0 Å². The van der Waals surface area contributed by atoms with E-state index >= 15 is 0 Å². The molecule has 0 atom stereocenters. The average Bonchev–Trinajstić information content (AvgIpc) is 2.59. The van der Waals surface area contributed by atoms with E-state index in [0.717, 1.165) is 11.0 Å². The Kier molecular flexibility index (Phi) is 3.29. The number of halogens is 1. The summed E-state index contributed by atoms with van der Waals surface area (Å²) in [5, 5.41) is 10.6. The third-order valence-electron chi connectivity index (χ3n) is 2.68. The molecule has 0 N–H and O–H groups in total. The summed E-state index contributed by atoms with van der Waals surface area (Å²) in [6.45, 7) is 0.226. The Morgan fingerprint density at radius 2 is 1.89 bits per heavy atom. The maximum absolute atomic E-state index is 11.9. The predicted octanol–water partition coefficient (Wildman–Crippen LogP) is 1.82. The Bertz CT molecular complexity index is 544. The van der Waals surface area contributed by atoms with E-state index < -0.39 is 16.7 Å². The number of nitrogens with zero attached hydrogens (tertiary/aromatic N) is 2. The monoisotopic (exact) mass is 268 g/mol. The molecule has 0 bridgehead atoms. The molecule has 0 radical (unpaired) electrons. The molecule has 2 rings (SSSR count). The van der Waals surface area contributed by atoms with Crippen molar-refractivity contribution in [3.8, 4) is 0 Å². The number of carbonyl (C=O) groups excluding carboxylic acids is 2. The number of alkyl halides is 1. The Morgan fingerprint density at radius 1 is 1.22 bits per heavy atom. The van der Waals surface area contributed by atoms with Gasteiger partial charge in [0.15, 0.2) is 0 Å². The molecule has 2 amide bonds. The summed E-state index contributed by atoms with van der Waals surface area (Å²) in [7, 11) is 0. The third kappa shape index (κ3) is 1.95. The van der Waals surface area contributed by atoms with Gasteiger partial charge in [-0.15, -0.1) is 11.6 Å². The van der Waals surface area contributed by atoms with Crippen molar-refractivity contribution < 1.29 is 14.5 Å². The first-order chi connectivity index (χ1) is 8.56. The van der Waals surface area contributed by atoms with E-state index in [0.29, 0.717) is 12.3 Å². The maximum atomic E-state index is 11.9. The number of imide groups is 1. The molecule has 1 aromatic carbocycles. The SMILES string of the molecule is O=C1c2ccc([N+](=O)[O-])cc2C(=O)N1CCCCl. The van der Waals surface area contributed by atoms with Gasteiger partial charge in [0.2, 0.25) is 0 Å². The molecular formula is C11H9ClN2O4. The van der Waals surface area contributed by atoms with Crippen molar-refractivity contribution in [3.05, 3.63) is 39.4 Å². The van der Waals surface area contributed by atoms with Crippen LogP contribution in [-0.4, -0.2) is 34.1 Å². The molecule has 94 valence electrons. The first-order valence-corrected chi connectivity index (χ1v) is 5.80. The Morgan fingerprint density at radius 3 is 2.50 bits per heavy atom. The van der Waals surface area contributed by atoms with Crippen LogP contribution in [0.4, 0.5) is 5.69 Å². The van der Waals surface area contributed by atoms with Crippen LogP contribution in [0.15, 0.2) is 18.2 Å². The van der Waals surface area contributed by atoms with Crippen LogP contribution in [0.2, 0.25) is 0 Å². The summed E-state index contributed by atoms with van der Waals surface area (Å²) in [5.41, 5.74) is 0.0954. The Labute approximate surface area is 107 Å². The second-order valence-electron chi connectivity index (χ2n) is 3.79. The number of carbonyl (C=O) groups is 2. The summed E-state index contributed by atoms with van der Waals surface area (Å²) in [6, 6.07) is 3.67. The summed E-state index contributed by atoms with van der Waals surface area (Å²) in [4.78, 5) is 34.9. The van der Waals surface area contributed by atoms with Gasteiger partial charge >= 0.3 is 0 Å². The van der Waals surface area contributed by atoms with E-state index in [1.807, 2.05) is 0 Å². The smallest absolute Gasteiger partial charge is 0.270 e. The topological polar surface area (TPSA) is 80.5 Å². The van der Waals surface area contributed by atoms with Crippen LogP contribution in [0.3, 0.4) is 0 Å². The van der Waals surface area contributed by atoms with Crippen molar-refractivity contribution in [1.29, 1.82) is 0 Å². The number of fused-ring (bicyclic) bond motifs is 1. The minimum atomic E-state index is -0.598. The second-order valence-corrected chi connectivity index (χ2v) is 4.17. The molecule has 0 fully saturated rings. The maximum Gasteiger partial charge on any atom is 0.270 e. The first-order valence-electron chi connectivity index (χ1n) is 5.27. The van der Waals surface area contributed by atoms with Gasteiger partial charge in [-0.2, -0.15) is 0 Å². The van der Waals surface area contributed by atoms with E-state index in [1.165, 1.54) is 12.1 Å². The van der Waals surface area contributed by atoms with Gasteiger partial charge in [0, 0.05) is 24.6 Å². The number of hydrogen-bond acceptors (Lipinski definition) is 4. The van der Waals surface area contributed by atoms with Crippen LogP contribution in [0.25, 0.3) is 0 Å². The van der Waals surface area contributed by atoms with E-state index in [9.17, 15) is 19.7 Å². The number of non-ortho nitro benzene ring substituents is 1. The molecule has 1 aliphatic heterocycles. The van der Waals surface area contributed by atoms with Crippen molar-refractivity contribution >= 4 is 29.1 Å². The number of nitro groups is 1. The molecule has 7 heteroatoms. The second kappa shape index (κ2) is 4.73. The highest BCUT2D eigenvalue weighted by atomic mass is 35.5. The quantitative estimate of drug-likeness (QED) is 0.361. The zero-order chi connectivity index (χ0) is 13.3. The highest BCUT2D eigenvalue weighted by Gasteiger charge is 2.36. The molecule has 0 aliphatic carbocycles. The number of hydrogen-bond donors (Lipinski definition) is 0. The highest BCUT2D eigenvalue weighted by Crippen LogP contribution is 2.26. The largest absolute Gasteiger partial charge is 0.274 e. The Hall–Kier alpha value is -1.95. The van der Waals surface area contributed by atoms with Crippen LogP contribution in [0.5, 0.6) is 0 Å². The standard InChI is InChI=1S/C11H9ClN2O4/c12-4-1-5-13-10(15)8-3-2-7(14(17)18)6-9(8)11(13)16/h2-3,6H,1,4-5H2. The molecule has 0 aromatic heterocycles. The minimum Gasteiger partial charge on any atom is -0.274 e. The number of nitro benzene ring substituents is 1. The van der Waals surface area contributed by atoms with Crippen LogP contribution in [0, 0.1) is 10.1 Å². The molecule has 0 saturated carbocycles. The van der Waals surface area contributed by atoms with Gasteiger partial charge < -0.3 is 0 Å². The lowest BCUT2D eigenvalue weighted by atomic mass is 10.1. The van der Waals surface area contributed by atoms with Crippen LogP contribution in [0.1, 0.15) is 27.1 Å². The molecule has 1 aromatic rings. The lowest BCUT2D eigenvalue weighted by Crippen LogP contribution is -2.30. The Balaban J connectivity index is 2.36. The molecule has 6 nitrogen and oxygen atoms in total. The summed E-state index contributed by atoms with van der Waals surface area (Å²) in [5.74, 6) is -0.577. The van der Waals surface area contributed by atoms with Crippen molar-refractivity contribution in [3.63, 3.8) is 0 Å². The van der Waals surface area contributed by atoms with Gasteiger partial charge in [-0.1, -0.05) is 0 Å². The third-order valence-corrected chi connectivity index (χ3v) is 2.95. The van der Waals surface area contributed by atoms with Crippen molar-refractivity contribution in [2.45, 2.75) is 6.42 Å². The van der Waals surface area contributed by atoms with Crippen molar-refractivity contribution in [2.75, 3.05) is 12.4 Å². The summed E-state index contributed by atoms with van der Waals surface area (Å²) < 4.78 is 0. The van der Waals surface area contributed by atoms with Crippen LogP contribution < -0.4 is 0 Å². The lowest BCUT2D eigenvalue weighted by Gasteiger charge is -2.11. The fraction of sp³-hybridized carbons (Fsp3) is 0.273. The van der Waals surface area contributed by atoms with Crippen molar-refractivity contribution in [2.24, 2.45) is 0 Å². The number of rotatable bonds is 4. The fourth-order valence-electron chi connectivity index (χ4n) is 1.81. The summed E-state index contributed by atoms with van der Waals surface area (Å²) in [6.07, 6.45) is 0.495. The van der Waals surface area contributed by atoms with Gasteiger partial charge in [-0.3, -0.25) is 24.6 Å². The van der Waals surface area contributed by atoms with Gasteiger partial charge in [-0.05, 0) is 12.5 Å². The highest BCUT2D eigenvalue weighted by molar-refractivity contribution is 6.21. The molecule has 18 heavy (non-hydrogen) atoms. The van der Waals surface area contributed by atoms with E-state index in [-0.39, 0.29) is 23.4 Å². The lowest BCUT2D eigenvalue weighted by molar-refractivity contribution is -0.384. The normalized spacial score (nSPS) is 13.9. The molecular weight excluding hydrogens is 260 g/mol. The van der Waals surface area contributed by atoms with E-state index in [2.05, 4.69) is 0 Å².